The van der Waals surface area contributed by atoms with Crippen LogP contribution in [0.4, 0.5) is 18.9 Å². The summed E-state index contributed by atoms with van der Waals surface area (Å²) in [5, 5.41) is 0. The highest BCUT2D eigenvalue weighted by atomic mass is 19.4. The zero-order valence-electron chi connectivity index (χ0n) is 17.4. The highest BCUT2D eigenvalue weighted by Crippen LogP contribution is 2.28. The minimum Gasteiger partial charge on any atom is -0.466 e. The van der Waals surface area contributed by atoms with E-state index in [-0.39, 0.29) is 24.0 Å². The molecule has 0 radical (unpaired) electrons. The molecular weight excluding hydrogens is 401 g/mol. The molecular formula is C21H29F3N2O4. The van der Waals surface area contributed by atoms with Gasteiger partial charge in [0.2, 0.25) is 0 Å². The Labute approximate surface area is 175 Å². The second kappa shape index (κ2) is 11.2. The number of halogens is 3. The number of ether oxygens (including phenoxy) is 3. The Morgan fingerprint density at radius 2 is 1.97 bits per heavy atom. The molecule has 2 atom stereocenters. The van der Waals surface area contributed by atoms with Crippen molar-refractivity contribution in [3.8, 4) is 5.75 Å². The normalized spacial score (nSPS) is 18.7. The van der Waals surface area contributed by atoms with E-state index in [0.717, 1.165) is 12.1 Å². The van der Waals surface area contributed by atoms with Crippen LogP contribution in [-0.4, -0.2) is 62.3 Å². The van der Waals surface area contributed by atoms with Crippen LogP contribution in [0, 0.1) is 0 Å². The number of piperazine rings is 1. The van der Waals surface area contributed by atoms with E-state index >= 15 is 0 Å². The van der Waals surface area contributed by atoms with Crippen LogP contribution >= 0.6 is 0 Å². The predicted molar refractivity (Wildman–Crippen MR) is 107 cm³/mol. The number of hydrogen-bond acceptors (Lipinski definition) is 6. The molecule has 1 aliphatic heterocycles. The summed E-state index contributed by atoms with van der Waals surface area (Å²) in [7, 11) is 0. The maximum absolute atomic E-state index is 12.4. The molecule has 2 unspecified atom stereocenters. The second-order valence-electron chi connectivity index (χ2n) is 6.88. The Kier molecular flexibility index (Phi) is 8.98. The van der Waals surface area contributed by atoms with E-state index in [2.05, 4.69) is 16.2 Å². The molecule has 0 bridgehead atoms. The van der Waals surface area contributed by atoms with Crippen molar-refractivity contribution < 1.29 is 32.2 Å². The molecule has 2 rings (SSSR count). The lowest BCUT2D eigenvalue weighted by Crippen LogP contribution is -2.57. The van der Waals surface area contributed by atoms with Gasteiger partial charge >= 0.3 is 12.3 Å². The largest absolute Gasteiger partial charge is 0.573 e. The molecule has 1 heterocycles. The van der Waals surface area contributed by atoms with Crippen molar-refractivity contribution in [2.45, 2.75) is 45.3 Å². The van der Waals surface area contributed by atoms with E-state index in [1.54, 1.807) is 25.1 Å². The smallest absolute Gasteiger partial charge is 0.466 e. The Bertz CT molecular complexity index is 682. The lowest BCUT2D eigenvalue weighted by Gasteiger charge is -2.44. The minimum absolute atomic E-state index is 0.0311. The predicted octanol–water partition coefficient (Wildman–Crippen LogP) is 3.97. The van der Waals surface area contributed by atoms with Gasteiger partial charge in [-0.1, -0.05) is 13.0 Å². The van der Waals surface area contributed by atoms with Crippen molar-refractivity contribution in [2.24, 2.45) is 0 Å². The Morgan fingerprint density at radius 1 is 1.27 bits per heavy atom. The van der Waals surface area contributed by atoms with Gasteiger partial charge in [-0.2, -0.15) is 0 Å². The molecule has 0 amide bonds. The van der Waals surface area contributed by atoms with E-state index in [4.69, 9.17) is 9.47 Å². The van der Waals surface area contributed by atoms with E-state index in [1.807, 2.05) is 11.8 Å². The average molecular weight is 430 g/mol. The summed E-state index contributed by atoms with van der Waals surface area (Å²) in [4.78, 5) is 16.1. The third-order valence-electron chi connectivity index (χ3n) is 4.87. The van der Waals surface area contributed by atoms with E-state index in [9.17, 15) is 18.0 Å². The molecule has 1 aromatic carbocycles. The van der Waals surface area contributed by atoms with Gasteiger partial charge in [-0.25, -0.2) is 0 Å². The van der Waals surface area contributed by atoms with Gasteiger partial charge in [0.25, 0.3) is 0 Å². The quantitative estimate of drug-likeness (QED) is 0.414. The van der Waals surface area contributed by atoms with Gasteiger partial charge in [0.1, 0.15) is 12.0 Å². The SMILES string of the molecule is C=CCOC1CN(C(CC)CC(=O)OCC)CCN1c1ccc(OC(F)(F)F)cc1. The zero-order valence-corrected chi connectivity index (χ0v) is 17.4. The summed E-state index contributed by atoms with van der Waals surface area (Å²) < 4.78 is 52.1. The fourth-order valence-corrected chi connectivity index (χ4v) is 3.50. The molecule has 30 heavy (non-hydrogen) atoms. The van der Waals surface area contributed by atoms with E-state index in [1.165, 1.54) is 12.1 Å². The maximum atomic E-state index is 12.4. The van der Waals surface area contributed by atoms with Crippen molar-refractivity contribution in [1.82, 2.24) is 4.90 Å². The maximum Gasteiger partial charge on any atom is 0.573 e. The van der Waals surface area contributed by atoms with Gasteiger partial charge in [0.15, 0.2) is 0 Å². The molecule has 0 aromatic heterocycles. The number of alkyl halides is 3. The Balaban J connectivity index is 2.10. The molecule has 1 aliphatic rings. The van der Waals surface area contributed by atoms with E-state index in [0.29, 0.717) is 39.3 Å². The fraction of sp³-hybridized carbons (Fsp3) is 0.571. The molecule has 1 aromatic rings. The number of carbonyl (C=O) groups excluding carboxylic acids is 1. The number of benzene rings is 1. The fourth-order valence-electron chi connectivity index (χ4n) is 3.50. The molecule has 168 valence electrons. The minimum atomic E-state index is -4.73. The van der Waals surface area contributed by atoms with Crippen LogP contribution in [0.25, 0.3) is 0 Å². The Morgan fingerprint density at radius 3 is 2.53 bits per heavy atom. The van der Waals surface area contributed by atoms with Crippen molar-refractivity contribution in [3.05, 3.63) is 36.9 Å². The van der Waals surface area contributed by atoms with Gasteiger partial charge in [-0.15, -0.1) is 19.8 Å². The second-order valence-corrected chi connectivity index (χ2v) is 6.88. The van der Waals surface area contributed by atoms with Gasteiger partial charge in [-0.05, 0) is 37.6 Å². The number of esters is 1. The monoisotopic (exact) mass is 430 g/mol. The number of carbonyl (C=O) groups is 1. The first-order chi connectivity index (χ1) is 14.3. The standard InChI is InChI=1S/C21H29F3N2O4/c1-4-13-29-19-15-25(16(5-2)14-20(27)28-6-3)11-12-26(19)17-7-9-18(10-8-17)30-21(22,23)24/h4,7-10,16,19H,1,5-6,11-15H2,2-3H3. The van der Waals surface area contributed by atoms with Gasteiger partial charge in [0, 0.05) is 31.4 Å². The average Bonchev–Trinajstić information content (AvgIpc) is 2.70. The van der Waals surface area contributed by atoms with Crippen LogP contribution in [-0.2, 0) is 14.3 Å². The number of nitrogens with zero attached hydrogens (tertiary/aromatic N) is 2. The number of hydrogen-bond donors (Lipinski definition) is 0. The molecule has 0 aliphatic carbocycles. The number of anilines is 1. The summed E-state index contributed by atoms with van der Waals surface area (Å²) in [5.74, 6) is -0.496. The van der Waals surface area contributed by atoms with Crippen LogP contribution in [0.1, 0.15) is 26.7 Å². The van der Waals surface area contributed by atoms with Crippen LogP contribution in [0.15, 0.2) is 36.9 Å². The first-order valence-electron chi connectivity index (χ1n) is 10.0. The highest BCUT2D eigenvalue weighted by Gasteiger charge is 2.33. The Hall–Kier alpha value is -2.26. The lowest BCUT2D eigenvalue weighted by atomic mass is 10.1. The van der Waals surface area contributed by atoms with Crippen LogP contribution < -0.4 is 9.64 Å². The van der Waals surface area contributed by atoms with Gasteiger partial charge in [-0.3, -0.25) is 9.69 Å². The van der Waals surface area contributed by atoms with Crippen LogP contribution in [0.5, 0.6) is 5.75 Å². The molecule has 0 N–H and O–H groups in total. The van der Waals surface area contributed by atoms with Crippen LogP contribution in [0.3, 0.4) is 0 Å². The van der Waals surface area contributed by atoms with Crippen molar-refractivity contribution in [3.63, 3.8) is 0 Å². The van der Waals surface area contributed by atoms with E-state index < -0.39 is 6.36 Å². The molecule has 9 heteroatoms. The number of rotatable bonds is 10. The highest BCUT2D eigenvalue weighted by molar-refractivity contribution is 5.70. The molecule has 0 spiro atoms. The molecule has 1 fully saturated rings. The third kappa shape index (κ3) is 7.21. The topological polar surface area (TPSA) is 51.2 Å². The third-order valence-corrected chi connectivity index (χ3v) is 4.87. The summed E-state index contributed by atoms with van der Waals surface area (Å²) in [6.45, 7) is 9.99. The van der Waals surface area contributed by atoms with Gasteiger partial charge < -0.3 is 19.1 Å². The lowest BCUT2D eigenvalue weighted by molar-refractivity contribution is -0.274. The molecule has 1 saturated heterocycles. The van der Waals surface area contributed by atoms with Crippen LogP contribution in [0.2, 0.25) is 0 Å². The van der Waals surface area contributed by atoms with Crippen molar-refractivity contribution in [1.29, 1.82) is 0 Å². The summed E-state index contributed by atoms with van der Waals surface area (Å²) >= 11 is 0. The zero-order chi connectivity index (χ0) is 22.1. The molecule has 6 nitrogen and oxygen atoms in total. The first-order valence-corrected chi connectivity index (χ1v) is 10.0. The van der Waals surface area contributed by atoms with Crippen molar-refractivity contribution in [2.75, 3.05) is 37.7 Å². The summed E-state index contributed by atoms with van der Waals surface area (Å²) in [6.07, 6.45) is -2.31. The van der Waals surface area contributed by atoms with Gasteiger partial charge in [0.05, 0.1) is 19.6 Å². The summed E-state index contributed by atoms with van der Waals surface area (Å²) in [6, 6.07) is 5.77. The first kappa shape index (κ1) is 24.0. The molecule has 0 saturated carbocycles. The van der Waals surface area contributed by atoms with Crippen molar-refractivity contribution >= 4 is 11.7 Å². The summed E-state index contributed by atoms with van der Waals surface area (Å²) in [5.41, 5.74) is 0.733.